The van der Waals surface area contributed by atoms with E-state index in [4.69, 9.17) is 0 Å². The van der Waals surface area contributed by atoms with Crippen LogP contribution in [0.5, 0.6) is 0 Å². The number of carbonyl (C=O) groups is 1. The SMILES string of the molecule is O=C(NCC1CCN([C@H]2CCSC2)CC1)c1ccsc1. The van der Waals surface area contributed by atoms with Gasteiger partial charge in [0.05, 0.1) is 0 Å². The van der Waals surface area contributed by atoms with Gasteiger partial charge >= 0.3 is 0 Å². The maximum absolute atomic E-state index is 11.9. The van der Waals surface area contributed by atoms with Gasteiger partial charge in [-0.15, -0.1) is 0 Å². The van der Waals surface area contributed by atoms with Gasteiger partial charge in [0.15, 0.2) is 0 Å². The summed E-state index contributed by atoms with van der Waals surface area (Å²) in [4.78, 5) is 14.6. The maximum atomic E-state index is 11.9. The van der Waals surface area contributed by atoms with E-state index >= 15 is 0 Å². The maximum Gasteiger partial charge on any atom is 0.252 e. The number of nitrogens with zero attached hydrogens (tertiary/aromatic N) is 1. The first kappa shape index (κ1) is 14.4. The van der Waals surface area contributed by atoms with Crippen molar-refractivity contribution in [2.24, 2.45) is 5.92 Å². The standard InChI is InChI=1S/C15H22N2OS2/c18-15(13-3-7-19-10-13)16-9-12-1-5-17(6-2-12)14-4-8-20-11-14/h3,7,10,12,14H,1-2,4-6,8-9,11H2,(H,16,18)/t14-/m0/s1. The van der Waals surface area contributed by atoms with Crippen molar-refractivity contribution >= 4 is 29.0 Å². The third kappa shape index (κ3) is 3.57. The van der Waals surface area contributed by atoms with Gasteiger partial charge in [0.2, 0.25) is 0 Å². The first-order valence-electron chi connectivity index (χ1n) is 7.45. The summed E-state index contributed by atoms with van der Waals surface area (Å²) in [6.07, 6.45) is 3.82. The zero-order chi connectivity index (χ0) is 13.8. The molecular formula is C15H22N2OS2. The lowest BCUT2D eigenvalue weighted by atomic mass is 9.95. The van der Waals surface area contributed by atoms with Crippen molar-refractivity contribution in [2.75, 3.05) is 31.1 Å². The predicted octanol–water partition coefficient (Wildman–Crippen LogP) is 2.70. The molecule has 2 aliphatic rings. The Morgan fingerprint density at radius 1 is 1.35 bits per heavy atom. The van der Waals surface area contributed by atoms with Gasteiger partial charge < -0.3 is 5.32 Å². The monoisotopic (exact) mass is 310 g/mol. The van der Waals surface area contributed by atoms with Crippen LogP contribution in [0.4, 0.5) is 0 Å². The summed E-state index contributed by atoms with van der Waals surface area (Å²) in [6.45, 7) is 3.26. The van der Waals surface area contributed by atoms with E-state index in [0.29, 0.717) is 5.92 Å². The quantitative estimate of drug-likeness (QED) is 0.928. The first-order valence-corrected chi connectivity index (χ1v) is 9.55. The van der Waals surface area contributed by atoms with Crippen LogP contribution in [-0.4, -0.2) is 48.0 Å². The Hall–Kier alpha value is -0.520. The predicted molar refractivity (Wildman–Crippen MR) is 86.7 cm³/mol. The van der Waals surface area contributed by atoms with Crippen molar-refractivity contribution in [1.82, 2.24) is 10.2 Å². The highest BCUT2D eigenvalue weighted by Gasteiger charge is 2.27. The van der Waals surface area contributed by atoms with E-state index in [0.717, 1.165) is 18.2 Å². The van der Waals surface area contributed by atoms with Crippen molar-refractivity contribution in [3.8, 4) is 0 Å². The van der Waals surface area contributed by atoms with Gasteiger partial charge in [-0.05, 0) is 55.5 Å². The minimum atomic E-state index is 0.0841. The Balaban J connectivity index is 1.39. The molecular weight excluding hydrogens is 288 g/mol. The molecule has 1 amide bonds. The van der Waals surface area contributed by atoms with Crippen LogP contribution in [0.3, 0.4) is 0 Å². The number of piperidine rings is 1. The van der Waals surface area contributed by atoms with Gasteiger partial charge in [-0.2, -0.15) is 23.1 Å². The van der Waals surface area contributed by atoms with Crippen LogP contribution in [0.15, 0.2) is 16.8 Å². The fourth-order valence-electron chi connectivity index (χ4n) is 3.07. The van der Waals surface area contributed by atoms with Gasteiger partial charge in [-0.25, -0.2) is 0 Å². The van der Waals surface area contributed by atoms with Crippen LogP contribution >= 0.6 is 23.1 Å². The Morgan fingerprint density at radius 3 is 2.85 bits per heavy atom. The van der Waals surface area contributed by atoms with Crippen molar-refractivity contribution in [3.63, 3.8) is 0 Å². The highest BCUT2D eigenvalue weighted by molar-refractivity contribution is 7.99. The first-order chi connectivity index (χ1) is 9.83. The van der Waals surface area contributed by atoms with Crippen LogP contribution in [0.2, 0.25) is 0 Å². The number of thiophene rings is 1. The van der Waals surface area contributed by atoms with E-state index in [1.165, 1.54) is 43.9 Å². The molecule has 110 valence electrons. The molecule has 0 aromatic carbocycles. The molecule has 1 N–H and O–H groups in total. The summed E-state index contributed by atoms with van der Waals surface area (Å²) in [5.41, 5.74) is 0.801. The van der Waals surface area contributed by atoms with Gasteiger partial charge in [-0.3, -0.25) is 9.69 Å². The second kappa shape index (κ2) is 6.96. The Bertz CT molecular complexity index is 421. The Kier molecular flexibility index (Phi) is 5.02. The molecule has 0 spiro atoms. The number of nitrogens with one attached hydrogen (secondary N) is 1. The van der Waals surface area contributed by atoms with E-state index in [9.17, 15) is 4.79 Å². The average molecular weight is 310 g/mol. The Labute approximate surface area is 129 Å². The molecule has 0 saturated carbocycles. The van der Waals surface area contributed by atoms with E-state index in [-0.39, 0.29) is 5.91 Å². The number of thioether (sulfide) groups is 1. The van der Waals surface area contributed by atoms with Crippen molar-refractivity contribution < 1.29 is 4.79 Å². The molecule has 2 aliphatic heterocycles. The van der Waals surface area contributed by atoms with Crippen LogP contribution in [0, 0.1) is 5.92 Å². The Morgan fingerprint density at radius 2 is 2.20 bits per heavy atom. The zero-order valence-electron chi connectivity index (χ0n) is 11.7. The third-order valence-electron chi connectivity index (χ3n) is 4.41. The molecule has 0 radical (unpaired) electrons. The van der Waals surface area contributed by atoms with Gasteiger partial charge in [-0.1, -0.05) is 0 Å². The number of carbonyl (C=O) groups excluding carboxylic acids is 1. The zero-order valence-corrected chi connectivity index (χ0v) is 13.3. The highest BCUT2D eigenvalue weighted by Crippen LogP contribution is 2.26. The average Bonchev–Trinajstić information content (AvgIpc) is 3.18. The van der Waals surface area contributed by atoms with Crippen molar-refractivity contribution in [3.05, 3.63) is 22.4 Å². The molecule has 1 aromatic heterocycles. The fourth-order valence-corrected chi connectivity index (χ4v) is 4.96. The van der Waals surface area contributed by atoms with Crippen LogP contribution in [0.25, 0.3) is 0 Å². The molecule has 5 heteroatoms. The lowest BCUT2D eigenvalue weighted by Gasteiger charge is -2.35. The second-order valence-corrected chi connectivity index (χ2v) is 7.65. The molecule has 1 aromatic rings. The summed E-state index contributed by atoms with van der Waals surface area (Å²) >= 11 is 3.67. The largest absolute Gasteiger partial charge is 0.352 e. The second-order valence-electron chi connectivity index (χ2n) is 5.72. The number of hydrogen-bond donors (Lipinski definition) is 1. The molecule has 3 rings (SSSR count). The summed E-state index contributed by atoms with van der Waals surface area (Å²) < 4.78 is 0. The molecule has 0 unspecified atom stereocenters. The lowest BCUT2D eigenvalue weighted by molar-refractivity contribution is 0.0929. The smallest absolute Gasteiger partial charge is 0.252 e. The van der Waals surface area contributed by atoms with Crippen LogP contribution in [0.1, 0.15) is 29.6 Å². The van der Waals surface area contributed by atoms with Crippen LogP contribution < -0.4 is 5.32 Å². The minimum absolute atomic E-state index is 0.0841. The van der Waals surface area contributed by atoms with Crippen LogP contribution in [-0.2, 0) is 0 Å². The number of rotatable bonds is 4. The number of amides is 1. The van der Waals surface area contributed by atoms with Gasteiger partial charge in [0.1, 0.15) is 0 Å². The van der Waals surface area contributed by atoms with Gasteiger partial charge in [0.25, 0.3) is 5.91 Å². The topological polar surface area (TPSA) is 32.3 Å². The molecule has 0 aliphatic carbocycles. The van der Waals surface area contributed by atoms with Gasteiger partial charge in [0, 0.05) is 29.3 Å². The highest BCUT2D eigenvalue weighted by atomic mass is 32.2. The molecule has 2 fully saturated rings. The molecule has 20 heavy (non-hydrogen) atoms. The lowest BCUT2D eigenvalue weighted by Crippen LogP contribution is -2.43. The molecule has 3 heterocycles. The summed E-state index contributed by atoms with van der Waals surface area (Å²) in [5, 5.41) is 6.95. The molecule has 0 bridgehead atoms. The van der Waals surface area contributed by atoms with E-state index in [1.807, 2.05) is 16.8 Å². The molecule has 3 nitrogen and oxygen atoms in total. The van der Waals surface area contributed by atoms with E-state index in [1.54, 1.807) is 11.3 Å². The number of likely N-dealkylation sites (tertiary alicyclic amines) is 1. The fraction of sp³-hybridized carbons (Fsp3) is 0.667. The molecule has 2 saturated heterocycles. The molecule has 1 atom stereocenters. The van der Waals surface area contributed by atoms with Crippen molar-refractivity contribution in [1.29, 1.82) is 0 Å². The minimum Gasteiger partial charge on any atom is -0.352 e. The summed E-state index contributed by atoms with van der Waals surface area (Å²) in [5.74, 6) is 3.39. The number of hydrogen-bond acceptors (Lipinski definition) is 4. The summed E-state index contributed by atoms with van der Waals surface area (Å²) in [6, 6.07) is 2.71. The van der Waals surface area contributed by atoms with E-state index < -0.39 is 0 Å². The summed E-state index contributed by atoms with van der Waals surface area (Å²) in [7, 11) is 0. The normalized spacial score (nSPS) is 24.9. The third-order valence-corrected chi connectivity index (χ3v) is 6.23. The van der Waals surface area contributed by atoms with E-state index in [2.05, 4.69) is 22.0 Å². The van der Waals surface area contributed by atoms with Crippen molar-refractivity contribution in [2.45, 2.75) is 25.3 Å².